The molecule has 2 heterocycles. The largest absolute Gasteiger partial charge is 0.444 e. The predicted octanol–water partition coefficient (Wildman–Crippen LogP) is 6.97. The zero-order valence-electron chi connectivity index (χ0n) is 37.4. The van der Waals surface area contributed by atoms with Gasteiger partial charge in [-0.25, -0.2) is 9.59 Å². The number of rotatable bonds is 12. The van der Waals surface area contributed by atoms with Crippen molar-refractivity contribution in [2.24, 2.45) is 11.8 Å². The van der Waals surface area contributed by atoms with Gasteiger partial charge in [0.05, 0.1) is 0 Å². The third kappa shape index (κ3) is 13.6. The molecule has 6 rings (SSSR count). The summed E-state index contributed by atoms with van der Waals surface area (Å²) in [5.74, 6) is -0.401. The molecule has 1 saturated heterocycles. The number of piperidine rings is 1. The SMILES string of the molecule is Cc1ccc(C(=O)NC2CCN(C(=O)OC(C)(C)C)CC2)cc1-c1cccc(C[C@H](NC(=O)C2CCC(CNC(=O)OC(C)(C)C)CC2)C(=O)Nc2ccc(-c3nn[nH]n3)cc2)c1. The summed E-state index contributed by atoms with van der Waals surface area (Å²) in [4.78, 5) is 67.9. The Hall–Kier alpha value is -6.32. The van der Waals surface area contributed by atoms with Crippen molar-refractivity contribution in [3.63, 3.8) is 0 Å². The minimum absolute atomic E-state index is 0.0813. The lowest BCUT2D eigenvalue weighted by Gasteiger charge is -2.33. The molecular formula is C47H61N9O7. The maximum atomic E-state index is 14.1. The number of hydrogen-bond acceptors (Lipinski definition) is 10. The van der Waals surface area contributed by atoms with Crippen molar-refractivity contribution in [1.82, 2.24) is 41.5 Å². The van der Waals surface area contributed by atoms with Gasteiger partial charge >= 0.3 is 12.2 Å². The Morgan fingerprint density at radius 2 is 1.52 bits per heavy atom. The fourth-order valence-corrected chi connectivity index (χ4v) is 7.86. The molecule has 2 fully saturated rings. The lowest BCUT2D eigenvalue weighted by Crippen LogP contribution is -2.48. The Bertz CT molecular complexity index is 2220. The summed E-state index contributed by atoms with van der Waals surface area (Å²) in [5, 5.41) is 26.1. The Kier molecular flexibility index (Phi) is 14.8. The number of tetrazole rings is 1. The fraction of sp³-hybridized carbons (Fsp3) is 0.489. The quantitative estimate of drug-likeness (QED) is 0.0988. The normalized spacial score (nSPS) is 17.5. The van der Waals surface area contributed by atoms with Crippen molar-refractivity contribution >= 4 is 35.6 Å². The van der Waals surface area contributed by atoms with Gasteiger partial charge in [-0.05, 0) is 157 Å². The van der Waals surface area contributed by atoms with Crippen molar-refractivity contribution in [3.8, 4) is 22.5 Å². The maximum Gasteiger partial charge on any atom is 0.410 e. The molecule has 1 aliphatic heterocycles. The van der Waals surface area contributed by atoms with Gasteiger partial charge in [-0.3, -0.25) is 14.4 Å². The van der Waals surface area contributed by atoms with Gasteiger partial charge in [0, 0.05) is 54.8 Å². The topological polar surface area (TPSA) is 210 Å². The van der Waals surface area contributed by atoms with Crippen molar-refractivity contribution < 1.29 is 33.4 Å². The Labute approximate surface area is 369 Å². The van der Waals surface area contributed by atoms with Crippen LogP contribution in [0, 0.1) is 18.8 Å². The van der Waals surface area contributed by atoms with Crippen molar-refractivity contribution in [1.29, 1.82) is 0 Å². The second kappa shape index (κ2) is 20.2. The number of ether oxygens (including phenoxy) is 2. The fourth-order valence-electron chi connectivity index (χ4n) is 7.86. The number of carbonyl (C=O) groups excluding carboxylic acids is 5. The van der Waals surface area contributed by atoms with E-state index in [4.69, 9.17) is 9.47 Å². The number of carbonyl (C=O) groups is 5. The molecule has 0 radical (unpaired) electrons. The third-order valence-corrected chi connectivity index (χ3v) is 11.2. The molecule has 5 amide bonds. The molecule has 0 spiro atoms. The zero-order chi connectivity index (χ0) is 45.3. The van der Waals surface area contributed by atoms with Crippen LogP contribution in [0.15, 0.2) is 66.7 Å². The highest BCUT2D eigenvalue weighted by Gasteiger charge is 2.31. The third-order valence-electron chi connectivity index (χ3n) is 11.2. The van der Waals surface area contributed by atoms with Gasteiger partial charge in [0.15, 0.2) is 0 Å². The van der Waals surface area contributed by atoms with E-state index < -0.39 is 23.3 Å². The molecule has 1 aromatic heterocycles. The van der Waals surface area contributed by atoms with Crippen molar-refractivity contribution in [2.45, 2.75) is 117 Å². The minimum Gasteiger partial charge on any atom is -0.444 e. The summed E-state index contributed by atoms with van der Waals surface area (Å²) in [6, 6.07) is 19.5. The van der Waals surface area contributed by atoms with Crippen LogP contribution in [0.25, 0.3) is 22.5 Å². The molecule has 2 aliphatic rings. The number of amides is 5. The van der Waals surface area contributed by atoms with Gasteiger partial charge in [0.25, 0.3) is 5.91 Å². The summed E-state index contributed by atoms with van der Waals surface area (Å²) in [5.41, 5.74) is 4.14. The van der Waals surface area contributed by atoms with E-state index >= 15 is 0 Å². The van der Waals surface area contributed by atoms with Crippen LogP contribution in [-0.4, -0.2) is 98.4 Å². The Morgan fingerprint density at radius 1 is 0.825 bits per heavy atom. The molecular weight excluding hydrogens is 803 g/mol. The molecule has 5 N–H and O–H groups in total. The van der Waals surface area contributed by atoms with Crippen LogP contribution in [0.3, 0.4) is 0 Å². The first-order valence-corrected chi connectivity index (χ1v) is 21.8. The summed E-state index contributed by atoms with van der Waals surface area (Å²) in [6.07, 6.45) is 3.42. The first-order valence-electron chi connectivity index (χ1n) is 21.8. The molecule has 16 nitrogen and oxygen atoms in total. The van der Waals surface area contributed by atoms with E-state index in [2.05, 4.69) is 41.9 Å². The Morgan fingerprint density at radius 3 is 2.17 bits per heavy atom. The Balaban J connectivity index is 1.12. The van der Waals surface area contributed by atoms with Gasteiger partial charge in [0.1, 0.15) is 17.2 Å². The smallest absolute Gasteiger partial charge is 0.410 e. The summed E-state index contributed by atoms with van der Waals surface area (Å²) >= 11 is 0. The number of alkyl carbamates (subject to hydrolysis) is 1. The molecule has 0 bridgehead atoms. The molecule has 336 valence electrons. The van der Waals surface area contributed by atoms with E-state index in [1.54, 1.807) is 29.2 Å². The highest BCUT2D eigenvalue weighted by Crippen LogP contribution is 2.30. The van der Waals surface area contributed by atoms with Crippen LogP contribution < -0.4 is 21.3 Å². The van der Waals surface area contributed by atoms with Gasteiger partial charge < -0.3 is 35.6 Å². The van der Waals surface area contributed by atoms with Crippen LogP contribution >= 0.6 is 0 Å². The van der Waals surface area contributed by atoms with Gasteiger partial charge in [0.2, 0.25) is 17.6 Å². The summed E-state index contributed by atoms with van der Waals surface area (Å²) in [7, 11) is 0. The zero-order valence-corrected chi connectivity index (χ0v) is 37.4. The van der Waals surface area contributed by atoms with Crippen molar-refractivity contribution in [2.75, 3.05) is 25.0 Å². The monoisotopic (exact) mass is 863 g/mol. The van der Waals surface area contributed by atoms with Gasteiger partial charge in [-0.1, -0.05) is 30.3 Å². The van der Waals surface area contributed by atoms with E-state index in [0.717, 1.165) is 40.7 Å². The molecule has 16 heteroatoms. The highest BCUT2D eigenvalue weighted by molar-refractivity contribution is 5.98. The highest BCUT2D eigenvalue weighted by atomic mass is 16.6. The summed E-state index contributed by atoms with van der Waals surface area (Å²) < 4.78 is 10.9. The number of H-pyrrole nitrogens is 1. The second-order valence-corrected chi connectivity index (χ2v) is 18.6. The number of likely N-dealkylation sites (tertiary alicyclic amines) is 1. The van der Waals surface area contributed by atoms with Gasteiger partial charge in [-0.15, -0.1) is 10.2 Å². The average molecular weight is 864 g/mol. The standard InChI is InChI=1S/C47H61N9O7/c1-29-11-14-35(42(58)49-37-21-23-56(24-22-37)45(61)63-47(5,6)7)27-38(29)34-10-8-9-31(25-34)26-39(43(59)50-36-19-17-32(18-20-36)40-52-54-55-53-40)51-41(57)33-15-12-30(13-16-33)28-48-44(60)62-46(2,3)4/h8-11,14,17-20,25,27,30,33,37,39H,12-13,15-16,21-24,26,28H2,1-7H3,(H,48,60)(H,49,58)(H,50,59)(H,51,57)(H,52,53,54,55)/t30?,33?,39-/m0/s1. The molecule has 63 heavy (non-hydrogen) atoms. The second-order valence-electron chi connectivity index (χ2n) is 18.6. The maximum absolute atomic E-state index is 14.1. The van der Waals surface area contributed by atoms with Crippen LogP contribution in [-0.2, 0) is 25.5 Å². The molecule has 1 aliphatic carbocycles. The molecule has 0 unspecified atom stereocenters. The van der Waals surface area contributed by atoms with E-state index in [0.29, 0.717) is 62.4 Å². The van der Waals surface area contributed by atoms with E-state index in [1.165, 1.54) is 0 Å². The predicted molar refractivity (Wildman–Crippen MR) is 238 cm³/mol. The molecule has 3 aromatic carbocycles. The number of nitrogens with one attached hydrogen (secondary N) is 5. The number of benzene rings is 3. The molecule has 4 aromatic rings. The van der Waals surface area contributed by atoms with E-state index in [1.807, 2.05) is 90.9 Å². The first-order chi connectivity index (χ1) is 29.9. The minimum atomic E-state index is -0.906. The van der Waals surface area contributed by atoms with Crippen LogP contribution in [0.5, 0.6) is 0 Å². The number of aromatic amines is 1. The van der Waals surface area contributed by atoms with Crippen LogP contribution in [0.4, 0.5) is 15.3 Å². The lowest BCUT2D eigenvalue weighted by molar-refractivity contribution is -0.130. The van der Waals surface area contributed by atoms with E-state index in [9.17, 15) is 24.0 Å². The number of hydrogen-bond donors (Lipinski definition) is 5. The molecule has 1 atom stereocenters. The lowest BCUT2D eigenvalue weighted by atomic mass is 9.81. The summed E-state index contributed by atoms with van der Waals surface area (Å²) in [6.45, 7) is 14.4. The van der Waals surface area contributed by atoms with Gasteiger partial charge in [-0.2, -0.15) is 5.21 Å². The van der Waals surface area contributed by atoms with E-state index in [-0.39, 0.29) is 48.1 Å². The average Bonchev–Trinajstić information content (AvgIpc) is 3.78. The number of aryl methyl sites for hydroxylation is 1. The number of aromatic nitrogens is 4. The number of anilines is 1. The first kappa shape index (κ1) is 46.2. The number of nitrogens with zero attached hydrogens (tertiary/aromatic N) is 4. The molecule has 1 saturated carbocycles. The van der Waals surface area contributed by atoms with Crippen LogP contribution in [0.2, 0.25) is 0 Å². The van der Waals surface area contributed by atoms with Crippen LogP contribution in [0.1, 0.15) is 102 Å². The van der Waals surface area contributed by atoms with Crippen molar-refractivity contribution in [3.05, 3.63) is 83.4 Å².